The van der Waals surface area contributed by atoms with E-state index in [1.54, 1.807) is 12.1 Å². The lowest BCUT2D eigenvalue weighted by Crippen LogP contribution is -2.24. The first kappa shape index (κ1) is 13.1. The summed E-state index contributed by atoms with van der Waals surface area (Å²) in [5.41, 5.74) is 6.66. The van der Waals surface area contributed by atoms with Gasteiger partial charge in [-0.3, -0.25) is 10.1 Å². The first-order valence-corrected chi connectivity index (χ1v) is 5.45. The summed E-state index contributed by atoms with van der Waals surface area (Å²) < 4.78 is 0. The summed E-state index contributed by atoms with van der Waals surface area (Å²) in [6, 6.07) is 6.42. The van der Waals surface area contributed by atoms with E-state index in [4.69, 9.17) is 11.0 Å². The lowest BCUT2D eigenvalue weighted by Gasteiger charge is -2.19. The number of benzene rings is 1. The Kier molecular flexibility index (Phi) is 4.18. The van der Waals surface area contributed by atoms with Crippen molar-refractivity contribution in [2.45, 2.75) is 32.2 Å². The van der Waals surface area contributed by atoms with E-state index in [9.17, 15) is 10.1 Å². The molecule has 90 valence electrons. The molecule has 2 unspecified atom stereocenters. The molecule has 0 bridgehead atoms. The largest absolute Gasteiger partial charge is 0.327 e. The molecule has 2 atom stereocenters. The lowest BCUT2D eigenvalue weighted by molar-refractivity contribution is -0.385. The molecule has 0 aliphatic heterocycles. The van der Waals surface area contributed by atoms with Gasteiger partial charge in [-0.1, -0.05) is 13.0 Å². The quantitative estimate of drug-likeness (QED) is 0.637. The SMILES string of the molecule is CCC(c1ccc([N+](=O)[O-])c(C#N)c1)C(C)N. The molecule has 2 N–H and O–H groups in total. The molecule has 0 spiro atoms. The second-order valence-corrected chi connectivity index (χ2v) is 4.02. The van der Waals surface area contributed by atoms with E-state index in [1.165, 1.54) is 6.07 Å². The Bertz CT molecular complexity index is 463. The van der Waals surface area contributed by atoms with E-state index >= 15 is 0 Å². The predicted molar refractivity (Wildman–Crippen MR) is 64.5 cm³/mol. The van der Waals surface area contributed by atoms with Gasteiger partial charge in [0, 0.05) is 12.1 Å². The molecule has 1 rings (SSSR count). The molecule has 0 aromatic heterocycles. The molecular formula is C12H15N3O2. The highest BCUT2D eigenvalue weighted by molar-refractivity contribution is 5.51. The van der Waals surface area contributed by atoms with Crippen molar-refractivity contribution in [3.63, 3.8) is 0 Å². The van der Waals surface area contributed by atoms with Crippen LogP contribution >= 0.6 is 0 Å². The number of nitrogens with two attached hydrogens (primary N) is 1. The number of nitro groups is 1. The summed E-state index contributed by atoms with van der Waals surface area (Å²) in [6.07, 6.45) is 0.834. The maximum absolute atomic E-state index is 10.7. The third-order valence-electron chi connectivity index (χ3n) is 2.84. The van der Waals surface area contributed by atoms with Crippen molar-refractivity contribution in [2.24, 2.45) is 5.73 Å². The zero-order valence-corrected chi connectivity index (χ0v) is 9.88. The minimum atomic E-state index is -0.546. The first-order chi connectivity index (χ1) is 8.01. The molecule has 0 fully saturated rings. The van der Waals surface area contributed by atoms with Crippen molar-refractivity contribution < 1.29 is 4.92 Å². The van der Waals surface area contributed by atoms with Gasteiger partial charge in [-0.05, 0) is 30.9 Å². The number of nitriles is 1. The van der Waals surface area contributed by atoms with Crippen molar-refractivity contribution in [3.05, 3.63) is 39.4 Å². The molecule has 1 aromatic carbocycles. The monoisotopic (exact) mass is 233 g/mol. The van der Waals surface area contributed by atoms with Gasteiger partial charge in [0.05, 0.1) is 4.92 Å². The van der Waals surface area contributed by atoms with Gasteiger partial charge in [0.15, 0.2) is 0 Å². The number of hydrogen-bond acceptors (Lipinski definition) is 4. The number of hydrogen-bond donors (Lipinski definition) is 1. The maximum Gasteiger partial charge on any atom is 0.287 e. The van der Waals surface area contributed by atoms with Crippen LogP contribution in [0.4, 0.5) is 5.69 Å². The van der Waals surface area contributed by atoms with Crippen molar-refractivity contribution in [2.75, 3.05) is 0 Å². The van der Waals surface area contributed by atoms with Crippen molar-refractivity contribution in [1.82, 2.24) is 0 Å². The van der Waals surface area contributed by atoms with Crippen LogP contribution in [0, 0.1) is 21.4 Å². The van der Waals surface area contributed by atoms with Gasteiger partial charge in [-0.2, -0.15) is 5.26 Å². The Morgan fingerprint density at radius 2 is 2.24 bits per heavy atom. The van der Waals surface area contributed by atoms with Crippen LogP contribution < -0.4 is 5.73 Å². The van der Waals surface area contributed by atoms with Crippen LogP contribution in [-0.4, -0.2) is 11.0 Å². The highest BCUT2D eigenvalue weighted by Gasteiger charge is 2.19. The average Bonchev–Trinajstić information content (AvgIpc) is 2.28. The zero-order chi connectivity index (χ0) is 13.0. The van der Waals surface area contributed by atoms with Crippen LogP contribution in [0.15, 0.2) is 18.2 Å². The van der Waals surface area contributed by atoms with Gasteiger partial charge >= 0.3 is 0 Å². The fraction of sp³-hybridized carbons (Fsp3) is 0.417. The second-order valence-electron chi connectivity index (χ2n) is 4.02. The van der Waals surface area contributed by atoms with Crippen LogP contribution in [0.1, 0.15) is 37.3 Å². The molecule has 0 aliphatic rings. The Hall–Kier alpha value is -1.93. The lowest BCUT2D eigenvalue weighted by atomic mass is 9.89. The molecule has 0 saturated carbocycles. The smallest absolute Gasteiger partial charge is 0.287 e. The minimum Gasteiger partial charge on any atom is -0.327 e. The van der Waals surface area contributed by atoms with E-state index in [0.29, 0.717) is 0 Å². The topological polar surface area (TPSA) is 93.0 Å². The van der Waals surface area contributed by atoms with Gasteiger partial charge in [0.2, 0.25) is 0 Å². The normalized spacial score (nSPS) is 13.8. The van der Waals surface area contributed by atoms with E-state index in [0.717, 1.165) is 12.0 Å². The fourth-order valence-corrected chi connectivity index (χ4v) is 1.94. The van der Waals surface area contributed by atoms with Crippen molar-refractivity contribution in [3.8, 4) is 6.07 Å². The van der Waals surface area contributed by atoms with Gasteiger partial charge in [0.25, 0.3) is 5.69 Å². The van der Waals surface area contributed by atoms with E-state index in [2.05, 4.69) is 0 Å². The summed E-state index contributed by atoms with van der Waals surface area (Å²) in [6.45, 7) is 3.89. The summed E-state index contributed by atoms with van der Waals surface area (Å²) >= 11 is 0. The molecule has 0 radical (unpaired) electrons. The zero-order valence-electron chi connectivity index (χ0n) is 9.88. The summed E-state index contributed by atoms with van der Waals surface area (Å²) in [5, 5.41) is 19.6. The van der Waals surface area contributed by atoms with Gasteiger partial charge < -0.3 is 5.73 Å². The molecule has 0 amide bonds. The standard InChI is InChI=1S/C12H15N3O2/c1-3-11(8(2)14)9-4-5-12(15(16)17)10(6-9)7-13/h4-6,8,11H,3,14H2,1-2H3. The molecule has 0 heterocycles. The molecule has 0 aliphatic carbocycles. The molecule has 0 saturated heterocycles. The van der Waals surface area contributed by atoms with Crippen LogP contribution in [0.25, 0.3) is 0 Å². The van der Waals surface area contributed by atoms with Crippen LogP contribution in [0.2, 0.25) is 0 Å². The highest BCUT2D eigenvalue weighted by Crippen LogP contribution is 2.27. The molecule has 5 heteroatoms. The molecule has 17 heavy (non-hydrogen) atoms. The van der Waals surface area contributed by atoms with Crippen LogP contribution in [0.3, 0.4) is 0 Å². The molecular weight excluding hydrogens is 218 g/mol. The number of nitrogens with zero attached hydrogens (tertiary/aromatic N) is 2. The predicted octanol–water partition coefficient (Wildman–Crippen LogP) is 2.31. The summed E-state index contributed by atoms with van der Waals surface area (Å²) in [4.78, 5) is 10.1. The Balaban J connectivity index is 3.22. The second kappa shape index (κ2) is 5.41. The van der Waals surface area contributed by atoms with Gasteiger partial charge in [0.1, 0.15) is 11.6 Å². The van der Waals surface area contributed by atoms with Crippen LogP contribution in [-0.2, 0) is 0 Å². The Labute approximate surface area is 100 Å². The van der Waals surface area contributed by atoms with E-state index in [1.807, 2.05) is 19.9 Å². The Morgan fingerprint density at radius 1 is 1.59 bits per heavy atom. The van der Waals surface area contributed by atoms with E-state index < -0.39 is 4.92 Å². The fourth-order valence-electron chi connectivity index (χ4n) is 1.94. The van der Waals surface area contributed by atoms with Gasteiger partial charge in [-0.25, -0.2) is 0 Å². The van der Waals surface area contributed by atoms with Gasteiger partial charge in [-0.15, -0.1) is 0 Å². The maximum atomic E-state index is 10.7. The summed E-state index contributed by atoms with van der Waals surface area (Å²) in [5.74, 6) is 0.114. The third-order valence-corrected chi connectivity index (χ3v) is 2.84. The Morgan fingerprint density at radius 3 is 2.65 bits per heavy atom. The summed E-state index contributed by atoms with van der Waals surface area (Å²) in [7, 11) is 0. The average molecular weight is 233 g/mol. The number of rotatable bonds is 4. The van der Waals surface area contributed by atoms with Crippen molar-refractivity contribution in [1.29, 1.82) is 5.26 Å². The highest BCUT2D eigenvalue weighted by atomic mass is 16.6. The van der Waals surface area contributed by atoms with Crippen LogP contribution in [0.5, 0.6) is 0 Å². The first-order valence-electron chi connectivity index (χ1n) is 5.45. The minimum absolute atomic E-state index is 0.0481. The third kappa shape index (κ3) is 2.80. The molecule has 5 nitrogen and oxygen atoms in total. The number of nitro benzene ring substituents is 1. The van der Waals surface area contributed by atoms with Crippen molar-refractivity contribution >= 4 is 5.69 Å². The molecule has 1 aromatic rings. The van der Waals surface area contributed by atoms with E-state index in [-0.39, 0.29) is 23.2 Å².